The summed E-state index contributed by atoms with van der Waals surface area (Å²) in [5, 5.41) is 9.28. The first kappa shape index (κ1) is 23.2. The van der Waals surface area contributed by atoms with Crippen LogP contribution in [-0.4, -0.2) is 71.4 Å². The zero-order valence-electron chi connectivity index (χ0n) is 18.9. The third kappa shape index (κ3) is 6.10. The normalized spacial score (nSPS) is 15.0. The third-order valence-corrected chi connectivity index (χ3v) is 5.58. The van der Waals surface area contributed by atoms with E-state index in [1.54, 1.807) is 30.0 Å². The van der Waals surface area contributed by atoms with Crippen molar-refractivity contribution in [1.82, 2.24) is 20.3 Å². The van der Waals surface area contributed by atoms with E-state index < -0.39 is 11.9 Å². The van der Waals surface area contributed by atoms with E-state index in [1.807, 2.05) is 35.2 Å². The van der Waals surface area contributed by atoms with E-state index in [0.29, 0.717) is 44.2 Å². The van der Waals surface area contributed by atoms with Gasteiger partial charge < -0.3 is 24.5 Å². The molecule has 1 aliphatic rings. The summed E-state index contributed by atoms with van der Waals surface area (Å²) in [7, 11) is 0. The topological polar surface area (TPSA) is 121 Å². The highest BCUT2D eigenvalue weighted by atomic mass is 16.5. The van der Waals surface area contributed by atoms with Gasteiger partial charge in [0.25, 0.3) is 5.91 Å². The second-order valence-electron chi connectivity index (χ2n) is 8.17. The molecular formula is C24H27N5O5. The first-order chi connectivity index (χ1) is 16.5. The van der Waals surface area contributed by atoms with Crippen LogP contribution in [0.25, 0.3) is 0 Å². The number of rotatable bonds is 8. The predicted octanol–water partition coefficient (Wildman–Crippen LogP) is 1.70. The van der Waals surface area contributed by atoms with Gasteiger partial charge in [-0.25, -0.2) is 0 Å². The number of nitrogens with zero attached hydrogens (tertiary/aromatic N) is 3. The summed E-state index contributed by atoms with van der Waals surface area (Å²) in [6.45, 7) is 3.94. The van der Waals surface area contributed by atoms with E-state index in [9.17, 15) is 14.4 Å². The summed E-state index contributed by atoms with van der Waals surface area (Å²) in [5.74, 6) is 0.368. The highest BCUT2D eigenvalue weighted by Gasteiger charge is 2.30. The number of piperazine rings is 1. The van der Waals surface area contributed by atoms with Crippen molar-refractivity contribution >= 4 is 23.5 Å². The Labute approximate surface area is 196 Å². The van der Waals surface area contributed by atoms with Gasteiger partial charge in [-0.3, -0.25) is 19.3 Å². The first-order valence-corrected chi connectivity index (χ1v) is 11.1. The maximum absolute atomic E-state index is 13.3. The predicted molar refractivity (Wildman–Crippen MR) is 123 cm³/mol. The molecule has 1 aliphatic heterocycles. The zero-order valence-corrected chi connectivity index (χ0v) is 18.9. The molecular weight excluding hydrogens is 438 g/mol. The lowest BCUT2D eigenvalue weighted by Crippen LogP contribution is -2.56. The molecule has 3 heterocycles. The largest absolute Gasteiger partial charge is 0.459 e. The van der Waals surface area contributed by atoms with Crippen LogP contribution >= 0.6 is 0 Å². The van der Waals surface area contributed by atoms with Crippen molar-refractivity contribution in [3.05, 3.63) is 71.9 Å². The zero-order chi connectivity index (χ0) is 23.9. The van der Waals surface area contributed by atoms with Crippen LogP contribution in [-0.2, 0) is 16.0 Å². The molecule has 0 aliphatic carbocycles. The molecule has 10 nitrogen and oxygen atoms in total. The van der Waals surface area contributed by atoms with E-state index in [-0.39, 0.29) is 24.1 Å². The molecule has 2 N–H and O–H groups in total. The lowest BCUT2D eigenvalue weighted by molar-refractivity contribution is -0.135. The van der Waals surface area contributed by atoms with Crippen LogP contribution in [0.5, 0.6) is 0 Å². The van der Waals surface area contributed by atoms with Gasteiger partial charge in [-0.2, -0.15) is 0 Å². The highest BCUT2D eigenvalue weighted by Crippen LogP contribution is 2.12. The van der Waals surface area contributed by atoms with Crippen molar-refractivity contribution in [3.8, 4) is 0 Å². The van der Waals surface area contributed by atoms with Gasteiger partial charge in [0.1, 0.15) is 11.8 Å². The quantitative estimate of drug-likeness (QED) is 0.519. The molecule has 1 fully saturated rings. The van der Waals surface area contributed by atoms with Crippen molar-refractivity contribution in [3.63, 3.8) is 0 Å². The van der Waals surface area contributed by atoms with Crippen LogP contribution in [0.1, 0.15) is 21.9 Å². The van der Waals surface area contributed by atoms with E-state index in [4.69, 9.17) is 8.94 Å². The Hall–Kier alpha value is -3.92. The van der Waals surface area contributed by atoms with Crippen LogP contribution in [0.3, 0.4) is 0 Å². The Balaban J connectivity index is 1.34. The maximum atomic E-state index is 13.3. The van der Waals surface area contributed by atoms with Crippen LogP contribution in [0.4, 0.5) is 5.82 Å². The number of amides is 3. The van der Waals surface area contributed by atoms with Gasteiger partial charge in [-0.15, -0.1) is 0 Å². The molecule has 0 saturated carbocycles. The van der Waals surface area contributed by atoms with Gasteiger partial charge in [0.15, 0.2) is 11.6 Å². The number of hydrogen-bond donors (Lipinski definition) is 2. The van der Waals surface area contributed by atoms with Gasteiger partial charge in [0.05, 0.1) is 12.8 Å². The van der Waals surface area contributed by atoms with Crippen LogP contribution in [0.2, 0.25) is 0 Å². The molecule has 0 radical (unpaired) electrons. The van der Waals surface area contributed by atoms with Gasteiger partial charge in [-0.05, 0) is 24.6 Å². The molecule has 3 amide bonds. The van der Waals surface area contributed by atoms with Gasteiger partial charge >= 0.3 is 0 Å². The summed E-state index contributed by atoms with van der Waals surface area (Å²) in [4.78, 5) is 41.9. The Morgan fingerprint density at radius 3 is 2.47 bits per heavy atom. The summed E-state index contributed by atoms with van der Waals surface area (Å²) in [6.07, 6.45) is 1.79. The molecule has 2 aromatic heterocycles. The summed E-state index contributed by atoms with van der Waals surface area (Å²) < 4.78 is 10.1. The van der Waals surface area contributed by atoms with Crippen molar-refractivity contribution in [2.75, 3.05) is 38.0 Å². The van der Waals surface area contributed by atoms with E-state index in [2.05, 4.69) is 15.8 Å². The van der Waals surface area contributed by atoms with Crippen LogP contribution < -0.4 is 10.6 Å². The summed E-state index contributed by atoms with van der Waals surface area (Å²) in [6, 6.07) is 13.7. The Morgan fingerprint density at radius 2 is 1.82 bits per heavy atom. The average Bonchev–Trinajstić information content (AvgIpc) is 3.51. The minimum atomic E-state index is -0.731. The molecule has 34 heavy (non-hydrogen) atoms. The smallest absolute Gasteiger partial charge is 0.287 e. The lowest BCUT2D eigenvalue weighted by atomic mass is 10.0. The number of hydrogen-bond acceptors (Lipinski definition) is 7. The van der Waals surface area contributed by atoms with Crippen molar-refractivity contribution in [2.24, 2.45) is 0 Å². The number of carbonyl (C=O) groups is 3. The third-order valence-electron chi connectivity index (χ3n) is 5.58. The standard InChI is InChI=1S/C24H27N5O5/c1-17-14-21(27-34-17)26-22(30)16-28-9-11-29(12-10-28)24(32)19(15-18-6-3-2-4-7-18)25-23(31)20-8-5-13-33-20/h2-8,13-14,19H,9-12,15-16H2,1H3,(H,25,31)(H,26,27,30)/t19-/m0/s1. The van der Waals surface area contributed by atoms with Gasteiger partial charge in [-0.1, -0.05) is 35.5 Å². The van der Waals surface area contributed by atoms with Gasteiger partial charge in [0.2, 0.25) is 11.8 Å². The molecule has 178 valence electrons. The molecule has 4 rings (SSSR count). The van der Waals surface area contributed by atoms with Crippen LogP contribution in [0.15, 0.2) is 63.7 Å². The number of anilines is 1. The number of benzene rings is 1. The highest BCUT2D eigenvalue weighted by molar-refractivity contribution is 5.95. The van der Waals surface area contributed by atoms with E-state index in [0.717, 1.165) is 5.56 Å². The number of furan rings is 1. The fourth-order valence-electron chi connectivity index (χ4n) is 3.84. The second kappa shape index (κ2) is 10.8. The second-order valence-corrected chi connectivity index (χ2v) is 8.17. The molecule has 1 saturated heterocycles. The minimum Gasteiger partial charge on any atom is -0.459 e. The fraction of sp³-hybridized carbons (Fsp3) is 0.333. The van der Waals surface area contributed by atoms with E-state index >= 15 is 0 Å². The number of aryl methyl sites for hydroxylation is 1. The summed E-state index contributed by atoms with van der Waals surface area (Å²) >= 11 is 0. The summed E-state index contributed by atoms with van der Waals surface area (Å²) in [5.41, 5.74) is 0.944. The number of carbonyl (C=O) groups excluding carboxylic acids is 3. The molecule has 10 heteroatoms. The molecule has 0 unspecified atom stereocenters. The first-order valence-electron chi connectivity index (χ1n) is 11.1. The molecule has 3 aromatic rings. The fourth-order valence-corrected chi connectivity index (χ4v) is 3.84. The SMILES string of the molecule is Cc1cc(NC(=O)CN2CCN(C(=O)[C@H](Cc3ccccc3)NC(=O)c3ccco3)CC2)no1. The Morgan fingerprint density at radius 1 is 1.06 bits per heavy atom. The molecule has 1 atom stereocenters. The minimum absolute atomic E-state index is 0.156. The van der Waals surface area contributed by atoms with Crippen molar-refractivity contribution < 1.29 is 23.3 Å². The number of aromatic nitrogens is 1. The van der Waals surface area contributed by atoms with Crippen LogP contribution in [0, 0.1) is 6.92 Å². The Kier molecular flexibility index (Phi) is 7.38. The molecule has 0 bridgehead atoms. The Bertz CT molecular complexity index is 1100. The number of nitrogens with one attached hydrogen (secondary N) is 2. The monoisotopic (exact) mass is 465 g/mol. The molecule has 0 spiro atoms. The van der Waals surface area contributed by atoms with E-state index in [1.165, 1.54) is 6.26 Å². The van der Waals surface area contributed by atoms with Gasteiger partial charge in [0, 0.05) is 38.7 Å². The maximum Gasteiger partial charge on any atom is 0.287 e. The molecule has 1 aromatic carbocycles. The lowest BCUT2D eigenvalue weighted by Gasteiger charge is -2.36. The van der Waals surface area contributed by atoms with Crippen molar-refractivity contribution in [1.29, 1.82) is 0 Å². The van der Waals surface area contributed by atoms with Crippen molar-refractivity contribution in [2.45, 2.75) is 19.4 Å². The average molecular weight is 466 g/mol.